The van der Waals surface area contributed by atoms with Crippen molar-refractivity contribution in [2.75, 3.05) is 7.11 Å². The van der Waals surface area contributed by atoms with Crippen LogP contribution in [0.25, 0.3) is 10.8 Å². The van der Waals surface area contributed by atoms with Crippen molar-refractivity contribution >= 4 is 28.5 Å². The van der Waals surface area contributed by atoms with Crippen LogP contribution in [0.2, 0.25) is 0 Å². The van der Waals surface area contributed by atoms with E-state index < -0.39 is 47.9 Å². The monoisotopic (exact) mass is 452 g/mol. The van der Waals surface area contributed by atoms with Gasteiger partial charge in [0.15, 0.2) is 11.9 Å². The van der Waals surface area contributed by atoms with Gasteiger partial charge in [0, 0.05) is 27.0 Å². The van der Waals surface area contributed by atoms with Gasteiger partial charge in [-0.1, -0.05) is 24.3 Å². The number of allylic oxidation sites excluding steroid dienone is 1. The molecular formula is C25H24O8. The van der Waals surface area contributed by atoms with Gasteiger partial charge in [0.25, 0.3) is 5.79 Å². The number of fused-ring (bicyclic) bond motifs is 2. The molecule has 1 saturated carbocycles. The Hall–Kier alpha value is -3.39. The third-order valence-corrected chi connectivity index (χ3v) is 6.55. The number of carbonyl (C=O) groups excluding carboxylic acids is 3. The van der Waals surface area contributed by atoms with Crippen molar-refractivity contribution in [3.05, 3.63) is 48.6 Å². The van der Waals surface area contributed by atoms with Crippen molar-refractivity contribution in [3.63, 3.8) is 0 Å². The van der Waals surface area contributed by atoms with Gasteiger partial charge in [-0.05, 0) is 30.0 Å². The van der Waals surface area contributed by atoms with Crippen LogP contribution >= 0.6 is 0 Å². The van der Waals surface area contributed by atoms with E-state index in [9.17, 15) is 14.4 Å². The molecule has 33 heavy (non-hydrogen) atoms. The average Bonchev–Trinajstić information content (AvgIpc) is 2.77. The smallest absolute Gasteiger partial charge is 0.303 e. The minimum atomic E-state index is -1.32. The SMILES string of the molecule is CO[C@H]1[C@H](OC(C)=O)[C@H](OC(C)=O)C[C@@H]2[C@H]1C(=O)C=CC21Oc2cccc3cccc(c23)O1. The Balaban J connectivity index is 1.61. The second-order valence-corrected chi connectivity index (χ2v) is 8.56. The van der Waals surface area contributed by atoms with E-state index in [4.69, 9.17) is 23.7 Å². The quantitative estimate of drug-likeness (QED) is 0.656. The van der Waals surface area contributed by atoms with Crippen LogP contribution in [0.4, 0.5) is 0 Å². The number of carbonyl (C=O) groups is 3. The summed E-state index contributed by atoms with van der Waals surface area (Å²) < 4.78 is 29.6. The zero-order valence-corrected chi connectivity index (χ0v) is 18.5. The molecule has 1 spiro atoms. The van der Waals surface area contributed by atoms with E-state index >= 15 is 0 Å². The van der Waals surface area contributed by atoms with Gasteiger partial charge in [-0.2, -0.15) is 0 Å². The lowest BCUT2D eigenvalue weighted by Crippen LogP contribution is -2.65. The Kier molecular flexibility index (Phi) is 5.12. The predicted molar refractivity (Wildman–Crippen MR) is 116 cm³/mol. The topological polar surface area (TPSA) is 97.4 Å². The minimum Gasteiger partial charge on any atom is -0.458 e. The number of hydrogen-bond acceptors (Lipinski definition) is 8. The lowest BCUT2D eigenvalue weighted by molar-refractivity contribution is -0.225. The molecule has 0 aromatic heterocycles. The van der Waals surface area contributed by atoms with E-state index in [2.05, 4.69) is 0 Å². The molecule has 1 aliphatic heterocycles. The number of methoxy groups -OCH3 is 1. The van der Waals surface area contributed by atoms with E-state index in [0.29, 0.717) is 11.5 Å². The fraction of sp³-hybridized carbons (Fsp3) is 0.400. The van der Waals surface area contributed by atoms with Gasteiger partial charge >= 0.3 is 11.9 Å². The van der Waals surface area contributed by atoms with Crippen LogP contribution in [0.15, 0.2) is 48.6 Å². The van der Waals surface area contributed by atoms with E-state index in [-0.39, 0.29) is 12.2 Å². The predicted octanol–water partition coefficient (Wildman–Crippen LogP) is 2.96. The van der Waals surface area contributed by atoms with E-state index in [0.717, 1.165) is 10.8 Å². The maximum Gasteiger partial charge on any atom is 0.303 e. The molecule has 0 N–H and O–H groups in total. The Morgan fingerprint density at radius 1 is 0.970 bits per heavy atom. The highest BCUT2D eigenvalue weighted by molar-refractivity contribution is 5.96. The second-order valence-electron chi connectivity index (χ2n) is 8.56. The highest BCUT2D eigenvalue weighted by Crippen LogP contribution is 2.51. The number of hydrogen-bond donors (Lipinski definition) is 0. The summed E-state index contributed by atoms with van der Waals surface area (Å²) in [6.45, 7) is 2.55. The molecule has 0 bridgehead atoms. The van der Waals surface area contributed by atoms with Crippen LogP contribution in [0, 0.1) is 11.8 Å². The summed E-state index contributed by atoms with van der Waals surface area (Å²) in [4.78, 5) is 36.8. The molecule has 8 heteroatoms. The molecule has 2 aromatic carbocycles. The van der Waals surface area contributed by atoms with E-state index in [1.54, 1.807) is 6.08 Å². The van der Waals surface area contributed by atoms with E-state index in [1.165, 1.54) is 27.0 Å². The zero-order chi connectivity index (χ0) is 23.3. The highest BCUT2D eigenvalue weighted by Gasteiger charge is 2.61. The van der Waals surface area contributed by atoms with Crippen molar-refractivity contribution in [1.82, 2.24) is 0 Å². The van der Waals surface area contributed by atoms with Gasteiger partial charge in [0.05, 0.1) is 17.2 Å². The first-order valence-corrected chi connectivity index (χ1v) is 10.8. The first-order chi connectivity index (χ1) is 15.8. The molecule has 2 aliphatic carbocycles. The fourth-order valence-corrected chi connectivity index (χ4v) is 5.35. The zero-order valence-electron chi connectivity index (χ0n) is 18.5. The molecule has 1 fully saturated rings. The van der Waals surface area contributed by atoms with Crippen LogP contribution in [0.1, 0.15) is 20.3 Å². The molecule has 2 aromatic rings. The van der Waals surface area contributed by atoms with Crippen LogP contribution in [0.3, 0.4) is 0 Å². The average molecular weight is 452 g/mol. The van der Waals surface area contributed by atoms with Crippen molar-refractivity contribution in [1.29, 1.82) is 0 Å². The fourth-order valence-electron chi connectivity index (χ4n) is 5.35. The summed E-state index contributed by atoms with van der Waals surface area (Å²) in [5.74, 6) is -2.65. The molecule has 172 valence electrons. The molecule has 5 atom stereocenters. The number of ether oxygens (including phenoxy) is 5. The van der Waals surface area contributed by atoms with Crippen LogP contribution < -0.4 is 9.47 Å². The number of benzene rings is 2. The minimum absolute atomic E-state index is 0.177. The Labute approximate surface area is 190 Å². The normalized spacial score (nSPS) is 29.1. The van der Waals surface area contributed by atoms with Crippen molar-refractivity contribution in [2.24, 2.45) is 11.8 Å². The third-order valence-electron chi connectivity index (χ3n) is 6.55. The molecule has 0 saturated heterocycles. The van der Waals surface area contributed by atoms with Crippen LogP contribution in [-0.4, -0.2) is 48.9 Å². The number of ketones is 1. The maximum absolute atomic E-state index is 13.1. The van der Waals surface area contributed by atoms with Gasteiger partial charge in [-0.25, -0.2) is 0 Å². The maximum atomic E-state index is 13.1. The van der Waals surface area contributed by atoms with Gasteiger partial charge in [0.1, 0.15) is 23.7 Å². The van der Waals surface area contributed by atoms with Crippen molar-refractivity contribution in [3.8, 4) is 11.5 Å². The molecule has 1 heterocycles. The molecule has 0 unspecified atom stereocenters. The molecule has 3 aliphatic rings. The van der Waals surface area contributed by atoms with Crippen molar-refractivity contribution < 1.29 is 38.1 Å². The summed E-state index contributed by atoms with van der Waals surface area (Å²) in [6, 6.07) is 11.4. The largest absolute Gasteiger partial charge is 0.458 e. The highest BCUT2D eigenvalue weighted by atomic mass is 16.7. The Morgan fingerprint density at radius 3 is 2.18 bits per heavy atom. The van der Waals surface area contributed by atoms with Crippen molar-refractivity contribution in [2.45, 2.75) is 44.4 Å². The number of rotatable bonds is 3. The summed E-state index contributed by atoms with van der Waals surface area (Å²) in [5, 5.41) is 1.82. The Morgan fingerprint density at radius 2 is 1.61 bits per heavy atom. The summed E-state index contributed by atoms with van der Waals surface area (Å²) in [5.41, 5.74) is 0. The summed E-state index contributed by atoms with van der Waals surface area (Å²) in [6.07, 6.45) is 0.591. The number of esters is 2. The lowest BCUT2D eigenvalue weighted by Gasteiger charge is -2.52. The first-order valence-electron chi connectivity index (χ1n) is 10.8. The molecule has 8 nitrogen and oxygen atoms in total. The second kappa shape index (κ2) is 7.88. The summed E-state index contributed by atoms with van der Waals surface area (Å²) >= 11 is 0. The van der Waals surface area contributed by atoms with Gasteiger partial charge in [-0.15, -0.1) is 0 Å². The van der Waals surface area contributed by atoms with Gasteiger partial charge in [0.2, 0.25) is 0 Å². The van der Waals surface area contributed by atoms with Crippen LogP contribution in [0.5, 0.6) is 11.5 Å². The van der Waals surface area contributed by atoms with Gasteiger partial charge < -0.3 is 23.7 Å². The lowest BCUT2D eigenvalue weighted by atomic mass is 9.65. The molecule has 0 radical (unpaired) electrons. The first kappa shape index (κ1) is 21.5. The molecule has 5 rings (SSSR count). The standard InChI is InChI=1S/C25H24O8/c1-13(26)30-20-12-16-22(24(29-3)23(20)31-14(2)27)17(28)10-11-25(16)32-18-8-4-6-15-7-5-9-19(33-25)21(15)18/h4-11,16,20,22-24H,12H2,1-3H3/t16-,20-,22+,23-,24-/m1/s1. The van der Waals surface area contributed by atoms with Crippen LogP contribution in [-0.2, 0) is 28.6 Å². The van der Waals surface area contributed by atoms with E-state index in [1.807, 2.05) is 36.4 Å². The third kappa shape index (κ3) is 3.45. The Bertz CT molecular complexity index is 1130. The molecular weight excluding hydrogens is 428 g/mol. The molecule has 0 amide bonds. The van der Waals surface area contributed by atoms with Gasteiger partial charge in [-0.3, -0.25) is 14.4 Å². The summed E-state index contributed by atoms with van der Waals surface area (Å²) in [7, 11) is 1.44.